The van der Waals surface area contributed by atoms with Crippen LogP contribution in [0.5, 0.6) is 0 Å². The molecule has 0 aromatic heterocycles. The highest BCUT2D eigenvalue weighted by atomic mass is 16.5. The van der Waals surface area contributed by atoms with Crippen LogP contribution in [0.1, 0.15) is 33.1 Å². The van der Waals surface area contributed by atoms with Gasteiger partial charge >= 0.3 is 0 Å². The molecule has 78 valence electrons. The van der Waals surface area contributed by atoms with E-state index >= 15 is 0 Å². The molecule has 0 aromatic rings. The lowest BCUT2D eigenvalue weighted by Crippen LogP contribution is -2.16. The lowest BCUT2D eigenvalue weighted by atomic mass is 10.00. The van der Waals surface area contributed by atoms with E-state index in [1.807, 2.05) is 6.21 Å². The molecular formula is C12H19NO. The fourth-order valence-corrected chi connectivity index (χ4v) is 1.56. The maximum Gasteiger partial charge on any atom is 0.133 e. The zero-order valence-corrected chi connectivity index (χ0v) is 9.07. The monoisotopic (exact) mass is 193 g/mol. The SMILES string of the molecule is CC(C)C1CC=C(OCC2CC2)C=N1. The number of nitrogens with zero attached hydrogens (tertiary/aromatic N) is 1. The van der Waals surface area contributed by atoms with E-state index in [0.29, 0.717) is 12.0 Å². The summed E-state index contributed by atoms with van der Waals surface area (Å²) >= 11 is 0. The van der Waals surface area contributed by atoms with Crippen molar-refractivity contribution < 1.29 is 4.74 Å². The minimum absolute atomic E-state index is 0.461. The van der Waals surface area contributed by atoms with Crippen molar-refractivity contribution >= 4 is 6.21 Å². The van der Waals surface area contributed by atoms with Crippen LogP contribution in [0.15, 0.2) is 16.8 Å². The number of aliphatic imine (C=N–C) groups is 1. The Hall–Kier alpha value is -0.790. The first-order valence-electron chi connectivity index (χ1n) is 5.62. The molecule has 1 saturated carbocycles. The average Bonchev–Trinajstić information content (AvgIpc) is 2.99. The Morgan fingerprint density at radius 3 is 2.79 bits per heavy atom. The smallest absolute Gasteiger partial charge is 0.133 e. The molecular weight excluding hydrogens is 174 g/mol. The molecule has 0 radical (unpaired) electrons. The normalized spacial score (nSPS) is 26.5. The Kier molecular flexibility index (Phi) is 2.90. The zero-order chi connectivity index (χ0) is 9.97. The topological polar surface area (TPSA) is 21.6 Å². The fraction of sp³-hybridized carbons (Fsp3) is 0.750. The number of allylic oxidation sites excluding steroid dienone is 1. The number of ether oxygens (including phenoxy) is 1. The number of dihydropyridines is 1. The van der Waals surface area contributed by atoms with Gasteiger partial charge in [-0.25, -0.2) is 0 Å². The molecule has 0 saturated heterocycles. The van der Waals surface area contributed by atoms with E-state index in [1.54, 1.807) is 0 Å². The lowest BCUT2D eigenvalue weighted by molar-refractivity contribution is 0.215. The van der Waals surface area contributed by atoms with Crippen molar-refractivity contribution in [2.45, 2.75) is 39.2 Å². The minimum atomic E-state index is 0.461. The molecule has 14 heavy (non-hydrogen) atoms. The largest absolute Gasteiger partial charge is 0.492 e. The van der Waals surface area contributed by atoms with Crippen molar-refractivity contribution in [2.75, 3.05) is 6.61 Å². The van der Waals surface area contributed by atoms with Gasteiger partial charge in [-0.3, -0.25) is 4.99 Å². The molecule has 0 bridgehead atoms. The molecule has 1 fully saturated rings. The van der Waals surface area contributed by atoms with Crippen molar-refractivity contribution in [3.05, 3.63) is 11.8 Å². The van der Waals surface area contributed by atoms with Gasteiger partial charge in [0.05, 0.1) is 18.9 Å². The van der Waals surface area contributed by atoms with Crippen molar-refractivity contribution in [3.63, 3.8) is 0 Å². The highest BCUT2D eigenvalue weighted by Gasteiger charge is 2.22. The molecule has 0 aromatic carbocycles. The second-order valence-corrected chi connectivity index (χ2v) is 4.69. The van der Waals surface area contributed by atoms with E-state index in [0.717, 1.165) is 24.7 Å². The van der Waals surface area contributed by atoms with Gasteiger partial charge in [0.15, 0.2) is 0 Å². The molecule has 2 nitrogen and oxygen atoms in total. The van der Waals surface area contributed by atoms with Crippen LogP contribution in [0, 0.1) is 11.8 Å². The van der Waals surface area contributed by atoms with Gasteiger partial charge in [0.1, 0.15) is 5.76 Å². The number of rotatable bonds is 4. The van der Waals surface area contributed by atoms with E-state index in [1.165, 1.54) is 12.8 Å². The Bertz CT molecular complexity index is 251. The van der Waals surface area contributed by atoms with E-state index in [-0.39, 0.29) is 0 Å². The molecule has 2 heteroatoms. The van der Waals surface area contributed by atoms with E-state index in [4.69, 9.17) is 4.74 Å². The van der Waals surface area contributed by atoms with Crippen LogP contribution < -0.4 is 0 Å². The van der Waals surface area contributed by atoms with Gasteiger partial charge in [0.25, 0.3) is 0 Å². The highest BCUT2D eigenvalue weighted by molar-refractivity contribution is 5.77. The molecule has 2 rings (SSSR count). The van der Waals surface area contributed by atoms with Gasteiger partial charge < -0.3 is 4.74 Å². The summed E-state index contributed by atoms with van der Waals surface area (Å²) in [5.41, 5.74) is 0. The van der Waals surface area contributed by atoms with Crippen molar-refractivity contribution in [3.8, 4) is 0 Å². The summed E-state index contributed by atoms with van der Waals surface area (Å²) in [5, 5.41) is 0. The summed E-state index contributed by atoms with van der Waals surface area (Å²) < 4.78 is 5.65. The van der Waals surface area contributed by atoms with Crippen LogP contribution in [0.4, 0.5) is 0 Å². The number of hydrogen-bond donors (Lipinski definition) is 0. The third kappa shape index (κ3) is 2.60. The van der Waals surface area contributed by atoms with Gasteiger partial charge in [-0.05, 0) is 37.2 Å². The Balaban J connectivity index is 1.76. The van der Waals surface area contributed by atoms with Gasteiger partial charge in [-0.15, -0.1) is 0 Å². The van der Waals surface area contributed by atoms with Gasteiger partial charge in [0, 0.05) is 0 Å². The minimum Gasteiger partial charge on any atom is -0.492 e. The summed E-state index contributed by atoms with van der Waals surface area (Å²) in [7, 11) is 0. The highest BCUT2D eigenvalue weighted by Crippen LogP contribution is 2.29. The summed E-state index contributed by atoms with van der Waals surface area (Å²) in [6.45, 7) is 5.32. The first kappa shape index (κ1) is 9.75. The van der Waals surface area contributed by atoms with E-state index < -0.39 is 0 Å². The van der Waals surface area contributed by atoms with Crippen LogP contribution in [0.2, 0.25) is 0 Å². The van der Waals surface area contributed by atoms with Crippen molar-refractivity contribution in [1.82, 2.24) is 0 Å². The van der Waals surface area contributed by atoms with E-state index in [9.17, 15) is 0 Å². The Morgan fingerprint density at radius 2 is 2.29 bits per heavy atom. The summed E-state index contributed by atoms with van der Waals surface area (Å²) in [6, 6.07) is 0.461. The summed E-state index contributed by atoms with van der Waals surface area (Å²) in [5.74, 6) is 2.44. The quantitative estimate of drug-likeness (QED) is 0.672. The van der Waals surface area contributed by atoms with Crippen molar-refractivity contribution in [1.29, 1.82) is 0 Å². The summed E-state index contributed by atoms with van der Waals surface area (Å²) in [4.78, 5) is 4.49. The predicted molar refractivity (Wildman–Crippen MR) is 58.5 cm³/mol. The van der Waals surface area contributed by atoms with E-state index in [2.05, 4.69) is 24.9 Å². The maximum atomic E-state index is 5.65. The molecule has 0 N–H and O–H groups in total. The van der Waals surface area contributed by atoms with Crippen molar-refractivity contribution in [2.24, 2.45) is 16.8 Å². The number of hydrogen-bond acceptors (Lipinski definition) is 2. The van der Waals surface area contributed by atoms with Crippen LogP contribution in [-0.4, -0.2) is 18.9 Å². The first-order chi connectivity index (χ1) is 6.75. The average molecular weight is 193 g/mol. The van der Waals surface area contributed by atoms with Gasteiger partial charge in [-0.1, -0.05) is 13.8 Å². The first-order valence-corrected chi connectivity index (χ1v) is 5.62. The molecule has 1 heterocycles. The Morgan fingerprint density at radius 1 is 1.50 bits per heavy atom. The van der Waals surface area contributed by atoms with Gasteiger partial charge in [0.2, 0.25) is 0 Å². The molecule has 1 unspecified atom stereocenters. The summed E-state index contributed by atoms with van der Waals surface area (Å²) in [6.07, 6.45) is 7.81. The van der Waals surface area contributed by atoms with Crippen LogP contribution in [0.25, 0.3) is 0 Å². The molecule has 0 spiro atoms. The third-order valence-electron chi connectivity index (χ3n) is 2.91. The lowest BCUT2D eigenvalue weighted by Gasteiger charge is -2.18. The van der Waals surface area contributed by atoms with Crippen LogP contribution in [-0.2, 0) is 4.74 Å². The standard InChI is InChI=1S/C12H19NO/c1-9(2)12-6-5-11(7-13-12)14-8-10-3-4-10/h5,7,9-10,12H,3-4,6,8H2,1-2H3. The third-order valence-corrected chi connectivity index (χ3v) is 2.91. The van der Waals surface area contributed by atoms with Gasteiger partial charge in [-0.2, -0.15) is 0 Å². The molecule has 0 amide bonds. The zero-order valence-electron chi connectivity index (χ0n) is 9.07. The molecule has 1 aliphatic heterocycles. The predicted octanol–water partition coefficient (Wildman–Crippen LogP) is 2.80. The molecule has 1 atom stereocenters. The second kappa shape index (κ2) is 4.16. The van der Waals surface area contributed by atoms with Crippen LogP contribution >= 0.6 is 0 Å². The Labute approximate surface area is 86.1 Å². The maximum absolute atomic E-state index is 5.65. The van der Waals surface area contributed by atoms with Crippen LogP contribution in [0.3, 0.4) is 0 Å². The fourth-order valence-electron chi connectivity index (χ4n) is 1.56. The second-order valence-electron chi connectivity index (χ2n) is 4.69. The molecule has 1 aliphatic carbocycles. The molecule has 2 aliphatic rings.